The zero-order valence-electron chi connectivity index (χ0n) is 8.04. The molecule has 0 aliphatic carbocycles. The van der Waals surface area contributed by atoms with Gasteiger partial charge in [-0.3, -0.25) is 4.79 Å². The number of hydrogen-bond donors (Lipinski definition) is 0. The van der Waals surface area contributed by atoms with E-state index in [1.807, 2.05) is 6.07 Å². The van der Waals surface area contributed by atoms with Gasteiger partial charge >= 0.3 is 0 Å². The zero-order chi connectivity index (χ0) is 10.8. The molecule has 0 heterocycles. The molecular weight excluding hydrogens is 198 g/mol. The Morgan fingerprint density at radius 1 is 1.50 bits per heavy atom. The Kier molecular flexibility index (Phi) is 2.93. The van der Waals surface area contributed by atoms with E-state index in [4.69, 9.17) is 16.9 Å². The van der Waals surface area contributed by atoms with Crippen molar-refractivity contribution in [3.8, 4) is 6.07 Å². The molecule has 0 spiro atoms. The molecule has 0 aliphatic rings. The molecule has 0 fully saturated rings. The Balaban J connectivity index is 3.09. The van der Waals surface area contributed by atoms with E-state index in [0.29, 0.717) is 10.6 Å². The van der Waals surface area contributed by atoms with Gasteiger partial charge in [0.05, 0.1) is 6.07 Å². The summed E-state index contributed by atoms with van der Waals surface area (Å²) in [4.78, 5) is 11.8. The summed E-state index contributed by atoms with van der Waals surface area (Å²) in [6.07, 6.45) is 0. The van der Waals surface area contributed by atoms with Gasteiger partial charge in [-0.15, -0.1) is 0 Å². The van der Waals surface area contributed by atoms with Crippen molar-refractivity contribution in [1.82, 2.24) is 0 Å². The number of rotatable bonds is 2. The van der Waals surface area contributed by atoms with E-state index in [0.717, 1.165) is 0 Å². The minimum absolute atomic E-state index is 0.206. The van der Waals surface area contributed by atoms with Crippen LogP contribution in [0.25, 0.3) is 0 Å². The van der Waals surface area contributed by atoms with Gasteiger partial charge in [0.2, 0.25) is 0 Å². The van der Waals surface area contributed by atoms with Crippen molar-refractivity contribution in [3.63, 3.8) is 0 Å². The number of nitriles is 1. The number of ketones is 1. The Labute approximate surface area is 88.1 Å². The molecule has 14 heavy (non-hydrogen) atoms. The van der Waals surface area contributed by atoms with Crippen LogP contribution in [-0.4, -0.2) is 5.78 Å². The van der Waals surface area contributed by atoms with Crippen molar-refractivity contribution in [2.45, 2.75) is 13.8 Å². The first kappa shape index (κ1) is 10.7. The van der Waals surface area contributed by atoms with Gasteiger partial charge in [0.1, 0.15) is 5.41 Å². The third kappa shape index (κ3) is 2.12. The van der Waals surface area contributed by atoms with Crippen LogP contribution in [-0.2, 0) is 0 Å². The molecule has 0 N–H and O–H groups in total. The predicted octanol–water partition coefficient (Wildman–Crippen LogP) is 3.07. The monoisotopic (exact) mass is 207 g/mol. The first-order chi connectivity index (χ1) is 6.47. The van der Waals surface area contributed by atoms with Gasteiger partial charge < -0.3 is 0 Å². The second-order valence-corrected chi connectivity index (χ2v) is 4.01. The van der Waals surface area contributed by atoms with Gasteiger partial charge in [0.15, 0.2) is 5.78 Å². The lowest BCUT2D eigenvalue weighted by molar-refractivity contribution is 0.0892. The standard InChI is InChI=1S/C11H10ClNO/c1-11(2,7-13)10(14)8-4-3-5-9(12)6-8/h3-6H,1-2H3. The SMILES string of the molecule is CC(C)(C#N)C(=O)c1cccc(Cl)c1. The molecule has 1 aromatic carbocycles. The van der Waals surface area contributed by atoms with Crippen LogP contribution in [0.4, 0.5) is 0 Å². The largest absolute Gasteiger partial charge is 0.292 e. The van der Waals surface area contributed by atoms with Crippen LogP contribution in [0.15, 0.2) is 24.3 Å². The highest BCUT2D eigenvalue weighted by molar-refractivity contribution is 6.31. The Bertz CT molecular complexity index is 404. The summed E-state index contributed by atoms with van der Waals surface area (Å²) in [5.74, 6) is -0.206. The zero-order valence-corrected chi connectivity index (χ0v) is 8.80. The normalized spacial score (nSPS) is 10.7. The predicted molar refractivity (Wildman–Crippen MR) is 55.2 cm³/mol. The van der Waals surface area contributed by atoms with Crippen LogP contribution in [0.1, 0.15) is 24.2 Å². The highest BCUT2D eigenvalue weighted by atomic mass is 35.5. The lowest BCUT2D eigenvalue weighted by Gasteiger charge is -2.13. The lowest BCUT2D eigenvalue weighted by Crippen LogP contribution is -2.22. The van der Waals surface area contributed by atoms with Crippen molar-refractivity contribution in [2.75, 3.05) is 0 Å². The minimum Gasteiger partial charge on any atom is -0.292 e. The highest BCUT2D eigenvalue weighted by Gasteiger charge is 2.28. The molecule has 0 aliphatic heterocycles. The summed E-state index contributed by atoms with van der Waals surface area (Å²) in [6.45, 7) is 3.19. The molecule has 0 saturated carbocycles. The minimum atomic E-state index is -0.995. The van der Waals surface area contributed by atoms with E-state index >= 15 is 0 Å². The van der Waals surface area contributed by atoms with Gasteiger partial charge in [-0.05, 0) is 26.0 Å². The van der Waals surface area contributed by atoms with Gasteiger partial charge in [-0.2, -0.15) is 5.26 Å². The van der Waals surface area contributed by atoms with Crippen LogP contribution >= 0.6 is 11.6 Å². The summed E-state index contributed by atoms with van der Waals surface area (Å²) in [6, 6.07) is 8.59. The summed E-state index contributed by atoms with van der Waals surface area (Å²) < 4.78 is 0. The first-order valence-electron chi connectivity index (χ1n) is 4.19. The summed E-state index contributed by atoms with van der Waals surface area (Å²) in [5.41, 5.74) is -0.519. The first-order valence-corrected chi connectivity index (χ1v) is 4.57. The molecule has 72 valence electrons. The maximum Gasteiger partial charge on any atom is 0.182 e. The molecule has 1 rings (SSSR count). The Morgan fingerprint density at radius 2 is 2.14 bits per heavy atom. The number of Topliss-reactive ketones (excluding diaryl/α,β-unsaturated/α-hetero) is 1. The lowest BCUT2D eigenvalue weighted by atomic mass is 9.86. The molecule has 3 heteroatoms. The van der Waals surface area contributed by atoms with Crippen LogP contribution in [0.3, 0.4) is 0 Å². The fourth-order valence-corrected chi connectivity index (χ4v) is 1.23. The molecule has 1 aromatic rings. The van der Waals surface area contributed by atoms with E-state index in [-0.39, 0.29) is 5.78 Å². The fraction of sp³-hybridized carbons (Fsp3) is 0.273. The van der Waals surface area contributed by atoms with E-state index in [9.17, 15) is 4.79 Å². The Morgan fingerprint density at radius 3 is 2.64 bits per heavy atom. The number of carbonyl (C=O) groups is 1. The van der Waals surface area contributed by atoms with Crippen molar-refractivity contribution in [3.05, 3.63) is 34.9 Å². The number of nitrogens with zero attached hydrogens (tertiary/aromatic N) is 1. The molecular formula is C11H10ClNO. The maximum absolute atomic E-state index is 11.8. The fourth-order valence-electron chi connectivity index (χ4n) is 1.04. The van der Waals surface area contributed by atoms with Crippen molar-refractivity contribution in [2.24, 2.45) is 5.41 Å². The van der Waals surface area contributed by atoms with Crippen LogP contribution in [0.2, 0.25) is 5.02 Å². The molecule has 0 aromatic heterocycles. The van der Waals surface area contributed by atoms with Gasteiger partial charge in [0.25, 0.3) is 0 Å². The molecule has 0 amide bonds. The van der Waals surface area contributed by atoms with Gasteiger partial charge in [-0.25, -0.2) is 0 Å². The van der Waals surface area contributed by atoms with Crippen LogP contribution < -0.4 is 0 Å². The average molecular weight is 208 g/mol. The molecule has 0 radical (unpaired) electrons. The van der Waals surface area contributed by atoms with E-state index in [2.05, 4.69) is 0 Å². The topological polar surface area (TPSA) is 40.9 Å². The molecule has 0 bridgehead atoms. The number of carbonyl (C=O) groups excluding carboxylic acids is 1. The smallest absolute Gasteiger partial charge is 0.182 e. The van der Waals surface area contributed by atoms with Crippen molar-refractivity contribution < 1.29 is 4.79 Å². The third-order valence-corrected chi connectivity index (χ3v) is 2.17. The highest BCUT2D eigenvalue weighted by Crippen LogP contribution is 2.22. The van der Waals surface area contributed by atoms with Crippen LogP contribution in [0.5, 0.6) is 0 Å². The summed E-state index contributed by atoms with van der Waals surface area (Å²) in [5, 5.41) is 9.30. The second-order valence-electron chi connectivity index (χ2n) is 3.58. The van der Waals surface area contributed by atoms with E-state index < -0.39 is 5.41 Å². The molecule has 0 atom stereocenters. The maximum atomic E-state index is 11.8. The number of benzene rings is 1. The molecule has 0 unspecified atom stereocenters. The Hall–Kier alpha value is -1.33. The van der Waals surface area contributed by atoms with E-state index in [1.165, 1.54) is 0 Å². The second kappa shape index (κ2) is 3.81. The summed E-state index contributed by atoms with van der Waals surface area (Å²) >= 11 is 5.75. The van der Waals surface area contributed by atoms with Crippen molar-refractivity contribution >= 4 is 17.4 Å². The van der Waals surface area contributed by atoms with Crippen LogP contribution in [0, 0.1) is 16.7 Å². The summed E-state index contributed by atoms with van der Waals surface area (Å²) in [7, 11) is 0. The van der Waals surface area contributed by atoms with Crippen molar-refractivity contribution in [1.29, 1.82) is 5.26 Å². The quantitative estimate of drug-likeness (QED) is 0.700. The third-order valence-electron chi connectivity index (χ3n) is 1.93. The molecule has 0 saturated heterocycles. The average Bonchev–Trinajstić information content (AvgIpc) is 2.16. The number of halogens is 1. The van der Waals surface area contributed by atoms with Gasteiger partial charge in [-0.1, -0.05) is 23.7 Å². The van der Waals surface area contributed by atoms with E-state index in [1.54, 1.807) is 38.1 Å². The van der Waals surface area contributed by atoms with Gasteiger partial charge in [0, 0.05) is 10.6 Å². The molecule has 2 nitrogen and oxygen atoms in total. The number of hydrogen-bond acceptors (Lipinski definition) is 2.